The van der Waals surface area contributed by atoms with Crippen LogP contribution >= 0.6 is 0 Å². The van der Waals surface area contributed by atoms with Gasteiger partial charge in [-0.15, -0.1) is 0 Å². The minimum absolute atomic E-state index is 0.295. The van der Waals surface area contributed by atoms with E-state index in [1.165, 1.54) is 0 Å². The molecule has 0 rings (SSSR count). The Morgan fingerprint density at radius 3 is 0.796 bits per heavy atom. The molecule has 0 heterocycles. The number of carbonyl (C=O) groups excluding carboxylic acids is 1. The molecule has 0 radical (unpaired) electrons. The minimum atomic E-state index is -10.0. The molecule has 0 aliphatic carbocycles. The SMILES string of the molecule is C=C(C)C(=O)OC(F)(C(F)(F)C(F)(F)C(F)(F)C(F)(F)C(F)(F)C(F)(F)C(F)(F)C(F)(F)C(F)(F)F)C(F)(C(F)(F)F)C(F)(F)C(F)(F)F. The van der Waals surface area contributed by atoms with E-state index < -0.39 is 94.9 Å². The maximum Gasteiger partial charge on any atom is 0.460 e. The fraction of sp³-hybridized carbons (Fsp3) is 0.833. The topological polar surface area (TPSA) is 26.3 Å². The predicted octanol–water partition coefficient (Wildman–Crippen LogP) is 9.88. The summed E-state index contributed by atoms with van der Waals surface area (Å²) in [7, 11) is 0. The standard InChI is InChI=1S/C18H5F29O2/c1-3(2)4(48)49-15(38,5(19,16(39,40)41)6(20,21)17(42,43)44)13(34,35)11(30,31)9(26,27)7(22,23)8(24,25)10(28,29)12(32,33)14(36,37)18(45,46)47/h1H2,2H3. The molecule has 0 aromatic rings. The molecule has 31 heteroatoms. The van der Waals surface area contributed by atoms with Gasteiger partial charge in [0.1, 0.15) is 0 Å². The maximum atomic E-state index is 15.1. The second-order valence-electron chi connectivity index (χ2n) is 9.09. The molecule has 0 aromatic heterocycles. The van der Waals surface area contributed by atoms with Gasteiger partial charge in [-0.25, -0.2) is 9.18 Å². The van der Waals surface area contributed by atoms with Crippen molar-refractivity contribution in [3.63, 3.8) is 0 Å². The van der Waals surface area contributed by atoms with E-state index in [4.69, 9.17) is 0 Å². The summed E-state index contributed by atoms with van der Waals surface area (Å²) in [5.74, 6) is -100. The van der Waals surface area contributed by atoms with Gasteiger partial charge in [0.15, 0.2) is 0 Å². The molecule has 0 saturated heterocycles. The zero-order valence-electron chi connectivity index (χ0n) is 21.5. The second-order valence-corrected chi connectivity index (χ2v) is 9.09. The summed E-state index contributed by atoms with van der Waals surface area (Å²) in [5, 5.41) is 0. The van der Waals surface area contributed by atoms with Gasteiger partial charge in [0.05, 0.1) is 0 Å². The van der Waals surface area contributed by atoms with Crippen LogP contribution in [-0.2, 0) is 9.53 Å². The summed E-state index contributed by atoms with van der Waals surface area (Å²) in [6.07, 6.45) is -26.0. The lowest BCUT2D eigenvalue weighted by molar-refractivity contribution is -0.500. The van der Waals surface area contributed by atoms with Crippen molar-refractivity contribution in [2.75, 3.05) is 0 Å². The van der Waals surface area contributed by atoms with E-state index in [-0.39, 0.29) is 6.92 Å². The largest absolute Gasteiger partial charge is 0.460 e. The Balaban J connectivity index is 8.33. The van der Waals surface area contributed by atoms with E-state index in [1.54, 1.807) is 0 Å². The van der Waals surface area contributed by atoms with Gasteiger partial charge in [0.2, 0.25) is 0 Å². The lowest BCUT2D eigenvalue weighted by Crippen LogP contribution is -2.83. The number of esters is 1. The van der Waals surface area contributed by atoms with Gasteiger partial charge in [-0.1, -0.05) is 6.58 Å². The van der Waals surface area contributed by atoms with E-state index >= 15 is 4.39 Å². The number of carbonyl (C=O) groups is 1. The minimum Gasteiger partial charge on any atom is -0.415 e. The summed E-state index contributed by atoms with van der Waals surface area (Å²) in [4.78, 5) is 11.3. The second kappa shape index (κ2) is 11.3. The first-order valence-corrected chi connectivity index (χ1v) is 10.4. The van der Waals surface area contributed by atoms with Crippen molar-refractivity contribution < 1.29 is 137 Å². The molecule has 0 aliphatic heterocycles. The highest BCUT2D eigenvalue weighted by Gasteiger charge is 3.03. The summed E-state index contributed by atoms with van der Waals surface area (Å²) in [6.45, 7) is 1.70. The van der Waals surface area contributed by atoms with Crippen LogP contribution in [-0.4, -0.2) is 89.3 Å². The molecule has 0 saturated carbocycles. The van der Waals surface area contributed by atoms with Gasteiger partial charge in [0.25, 0.3) is 0 Å². The third kappa shape index (κ3) is 5.55. The highest BCUT2D eigenvalue weighted by atomic mass is 19.4. The fourth-order valence-electron chi connectivity index (χ4n) is 2.89. The first-order chi connectivity index (χ1) is 20.6. The highest BCUT2D eigenvalue weighted by Crippen LogP contribution is 2.70. The Morgan fingerprint density at radius 2 is 0.592 bits per heavy atom. The van der Waals surface area contributed by atoms with Crippen molar-refractivity contribution in [3.8, 4) is 0 Å². The number of rotatable bonds is 12. The average molecular weight is 804 g/mol. The van der Waals surface area contributed by atoms with Crippen LogP contribution in [0.25, 0.3) is 0 Å². The predicted molar refractivity (Wildman–Crippen MR) is 91.3 cm³/mol. The van der Waals surface area contributed by atoms with Crippen LogP contribution in [0.4, 0.5) is 127 Å². The van der Waals surface area contributed by atoms with Crippen molar-refractivity contribution in [1.82, 2.24) is 0 Å². The van der Waals surface area contributed by atoms with Crippen molar-refractivity contribution >= 4 is 5.97 Å². The zero-order valence-corrected chi connectivity index (χ0v) is 21.5. The molecule has 0 bridgehead atoms. The Bertz CT molecular complexity index is 1270. The van der Waals surface area contributed by atoms with Crippen LogP contribution in [0.3, 0.4) is 0 Å². The number of alkyl halides is 29. The van der Waals surface area contributed by atoms with Gasteiger partial charge in [-0.05, 0) is 6.92 Å². The van der Waals surface area contributed by atoms with Gasteiger partial charge >= 0.3 is 89.3 Å². The molecule has 2 unspecified atom stereocenters. The average Bonchev–Trinajstić information content (AvgIpc) is 2.84. The van der Waals surface area contributed by atoms with Crippen LogP contribution in [0.5, 0.6) is 0 Å². The van der Waals surface area contributed by atoms with Gasteiger partial charge in [-0.3, -0.25) is 0 Å². The van der Waals surface area contributed by atoms with Crippen molar-refractivity contribution in [3.05, 3.63) is 12.2 Å². The summed E-state index contributed by atoms with van der Waals surface area (Å²) >= 11 is 0. The maximum absolute atomic E-state index is 15.1. The summed E-state index contributed by atoms with van der Waals surface area (Å²) in [5.41, 5.74) is -11.8. The summed E-state index contributed by atoms with van der Waals surface area (Å²) in [6, 6.07) is 0. The normalized spacial score (nSPS) is 18.5. The molecule has 49 heavy (non-hydrogen) atoms. The molecule has 0 amide bonds. The van der Waals surface area contributed by atoms with E-state index in [1.807, 2.05) is 11.3 Å². The third-order valence-corrected chi connectivity index (χ3v) is 5.72. The number of halogens is 29. The van der Waals surface area contributed by atoms with Gasteiger partial charge < -0.3 is 4.74 Å². The smallest absolute Gasteiger partial charge is 0.415 e. The van der Waals surface area contributed by atoms with Crippen LogP contribution in [0.2, 0.25) is 0 Å². The molecule has 2 nitrogen and oxygen atoms in total. The Morgan fingerprint density at radius 1 is 0.367 bits per heavy atom. The fourth-order valence-corrected chi connectivity index (χ4v) is 2.89. The number of hydrogen-bond donors (Lipinski definition) is 0. The monoisotopic (exact) mass is 804 g/mol. The van der Waals surface area contributed by atoms with Crippen molar-refractivity contribution in [2.45, 2.75) is 90.3 Å². The van der Waals surface area contributed by atoms with E-state index in [2.05, 4.69) is 0 Å². The van der Waals surface area contributed by atoms with Gasteiger partial charge in [0, 0.05) is 5.57 Å². The molecular weight excluding hydrogens is 799 g/mol. The van der Waals surface area contributed by atoms with Crippen molar-refractivity contribution in [1.29, 1.82) is 0 Å². The molecule has 0 aromatic carbocycles. The quantitative estimate of drug-likeness (QED) is 0.112. The van der Waals surface area contributed by atoms with E-state index in [0.29, 0.717) is 0 Å². The van der Waals surface area contributed by atoms with Crippen LogP contribution in [0.15, 0.2) is 12.2 Å². The molecule has 0 N–H and O–H groups in total. The van der Waals surface area contributed by atoms with Crippen LogP contribution in [0.1, 0.15) is 6.92 Å². The first kappa shape index (κ1) is 46.2. The van der Waals surface area contributed by atoms with Crippen LogP contribution in [0, 0.1) is 0 Å². The molecule has 2 atom stereocenters. The zero-order chi connectivity index (χ0) is 40.9. The lowest BCUT2D eigenvalue weighted by Gasteiger charge is -2.49. The third-order valence-electron chi connectivity index (χ3n) is 5.72. The lowest BCUT2D eigenvalue weighted by atomic mass is 9.78. The first-order valence-electron chi connectivity index (χ1n) is 10.4. The van der Waals surface area contributed by atoms with Crippen LogP contribution < -0.4 is 0 Å². The molecular formula is C18H5F29O2. The number of ether oxygens (including phenoxy) is 1. The summed E-state index contributed by atoms with van der Waals surface area (Å²) < 4.78 is 393. The molecule has 0 spiro atoms. The molecule has 292 valence electrons. The van der Waals surface area contributed by atoms with E-state index in [0.717, 1.165) is 0 Å². The number of hydrogen-bond acceptors (Lipinski definition) is 2. The Labute approximate surface area is 246 Å². The molecule has 0 aliphatic rings. The molecule has 0 fully saturated rings. The van der Waals surface area contributed by atoms with Gasteiger partial charge in [-0.2, -0.15) is 123 Å². The van der Waals surface area contributed by atoms with Crippen molar-refractivity contribution in [2.24, 2.45) is 0 Å². The highest BCUT2D eigenvalue weighted by molar-refractivity contribution is 5.87. The Hall–Kier alpha value is -2.82. The Kier molecular flexibility index (Phi) is 10.7. The van der Waals surface area contributed by atoms with E-state index in [9.17, 15) is 128 Å².